The Balaban J connectivity index is 1.90. The van der Waals surface area contributed by atoms with Crippen molar-refractivity contribution in [1.82, 2.24) is 10.6 Å². The molecule has 2 N–H and O–H groups in total. The monoisotopic (exact) mass is 210 g/mol. The van der Waals surface area contributed by atoms with Crippen molar-refractivity contribution >= 4 is 0 Å². The van der Waals surface area contributed by atoms with Crippen molar-refractivity contribution in [3.8, 4) is 0 Å². The summed E-state index contributed by atoms with van der Waals surface area (Å²) in [5, 5.41) is 7.22. The number of fused-ring (bicyclic) bond motifs is 6. The molecule has 3 aliphatic rings. The summed E-state index contributed by atoms with van der Waals surface area (Å²) in [6.45, 7) is 0.981. The van der Waals surface area contributed by atoms with Crippen molar-refractivity contribution in [1.29, 1.82) is 0 Å². The number of nitrogens with one attached hydrogen (secondary N) is 2. The minimum absolute atomic E-state index is 0.411. The van der Waals surface area contributed by atoms with Gasteiger partial charge in [0.2, 0.25) is 0 Å². The van der Waals surface area contributed by atoms with Gasteiger partial charge in [-0.25, -0.2) is 0 Å². The molecule has 2 unspecified atom stereocenters. The predicted octanol–water partition coefficient (Wildman–Crippen LogP) is 2.19. The normalized spacial score (nSPS) is 29.8. The molecule has 4 rings (SSSR count). The van der Waals surface area contributed by atoms with Gasteiger partial charge in [-0.1, -0.05) is 36.4 Å². The van der Waals surface area contributed by atoms with Gasteiger partial charge in [0, 0.05) is 24.7 Å². The second-order valence-electron chi connectivity index (χ2n) is 4.70. The lowest BCUT2D eigenvalue weighted by molar-refractivity contribution is 0.480. The van der Waals surface area contributed by atoms with Crippen LogP contribution in [0, 0.1) is 0 Å². The van der Waals surface area contributed by atoms with Gasteiger partial charge in [0.05, 0.1) is 6.04 Å². The summed E-state index contributed by atoms with van der Waals surface area (Å²) in [4.78, 5) is 0. The molecule has 2 heteroatoms. The Labute approximate surface area is 95.1 Å². The highest BCUT2D eigenvalue weighted by atomic mass is 15.0. The van der Waals surface area contributed by atoms with Gasteiger partial charge < -0.3 is 5.32 Å². The molecule has 0 saturated carbocycles. The van der Waals surface area contributed by atoms with Crippen molar-refractivity contribution in [2.75, 3.05) is 6.54 Å². The first kappa shape index (κ1) is 8.59. The fourth-order valence-electron chi connectivity index (χ4n) is 3.13. The van der Waals surface area contributed by atoms with E-state index in [2.05, 4.69) is 47.1 Å². The number of hydrogen-bond donors (Lipinski definition) is 2. The summed E-state index contributed by atoms with van der Waals surface area (Å²) < 4.78 is 0. The van der Waals surface area contributed by atoms with Crippen molar-refractivity contribution in [2.24, 2.45) is 0 Å². The van der Waals surface area contributed by atoms with E-state index < -0.39 is 0 Å². The second kappa shape index (κ2) is 2.98. The molecule has 0 aromatic heterocycles. The molecule has 2 atom stereocenters. The second-order valence-corrected chi connectivity index (χ2v) is 4.70. The van der Waals surface area contributed by atoms with Gasteiger partial charge in [-0.2, -0.15) is 0 Å². The lowest BCUT2D eigenvalue weighted by Gasteiger charge is -2.29. The summed E-state index contributed by atoms with van der Waals surface area (Å²) >= 11 is 0. The molecule has 1 aromatic rings. The molecule has 2 nitrogen and oxygen atoms in total. The van der Waals surface area contributed by atoms with E-state index in [1.54, 1.807) is 0 Å². The molecular formula is C14H14N2. The SMILES string of the molecule is C1=CC2=C(CC3NC2c2ccccc23)NC1. The summed E-state index contributed by atoms with van der Waals surface area (Å²) in [5.41, 5.74) is 5.82. The fourth-order valence-corrected chi connectivity index (χ4v) is 3.13. The Morgan fingerprint density at radius 2 is 2.00 bits per heavy atom. The van der Waals surface area contributed by atoms with Crippen LogP contribution in [0.3, 0.4) is 0 Å². The van der Waals surface area contributed by atoms with E-state index >= 15 is 0 Å². The summed E-state index contributed by atoms with van der Waals surface area (Å²) in [6.07, 6.45) is 5.59. The van der Waals surface area contributed by atoms with Crippen LogP contribution in [0.2, 0.25) is 0 Å². The van der Waals surface area contributed by atoms with E-state index in [4.69, 9.17) is 0 Å². The van der Waals surface area contributed by atoms with E-state index in [1.165, 1.54) is 22.4 Å². The fraction of sp³-hybridized carbons (Fsp3) is 0.286. The highest BCUT2D eigenvalue weighted by molar-refractivity contribution is 5.50. The molecule has 16 heavy (non-hydrogen) atoms. The summed E-state index contributed by atoms with van der Waals surface area (Å²) in [6, 6.07) is 9.72. The third kappa shape index (κ3) is 1.000. The predicted molar refractivity (Wildman–Crippen MR) is 63.8 cm³/mol. The zero-order valence-corrected chi connectivity index (χ0v) is 9.03. The van der Waals surface area contributed by atoms with Crippen LogP contribution in [-0.2, 0) is 0 Å². The number of benzene rings is 1. The van der Waals surface area contributed by atoms with Crippen LogP contribution >= 0.6 is 0 Å². The van der Waals surface area contributed by atoms with Gasteiger partial charge >= 0.3 is 0 Å². The molecule has 2 bridgehead atoms. The lowest BCUT2D eigenvalue weighted by atomic mass is 9.95. The van der Waals surface area contributed by atoms with Gasteiger partial charge in [0.1, 0.15) is 0 Å². The van der Waals surface area contributed by atoms with Crippen LogP contribution < -0.4 is 10.6 Å². The van der Waals surface area contributed by atoms with Crippen molar-refractivity contribution < 1.29 is 0 Å². The van der Waals surface area contributed by atoms with Gasteiger partial charge in [0.15, 0.2) is 0 Å². The minimum Gasteiger partial charge on any atom is -0.385 e. The number of dihydropyridines is 1. The van der Waals surface area contributed by atoms with E-state index in [1.807, 2.05) is 0 Å². The molecule has 0 fully saturated rings. The van der Waals surface area contributed by atoms with E-state index in [0.29, 0.717) is 12.1 Å². The molecule has 3 heterocycles. The van der Waals surface area contributed by atoms with Crippen molar-refractivity contribution in [3.63, 3.8) is 0 Å². The highest BCUT2D eigenvalue weighted by Crippen LogP contribution is 2.45. The first-order valence-corrected chi connectivity index (χ1v) is 5.92. The average molecular weight is 210 g/mol. The summed E-state index contributed by atoms with van der Waals surface area (Å²) in [7, 11) is 0. The molecule has 0 radical (unpaired) electrons. The van der Waals surface area contributed by atoms with Gasteiger partial charge in [-0.15, -0.1) is 0 Å². The zero-order valence-electron chi connectivity index (χ0n) is 9.03. The first-order chi connectivity index (χ1) is 7.93. The van der Waals surface area contributed by atoms with Crippen molar-refractivity contribution in [3.05, 3.63) is 58.8 Å². The van der Waals surface area contributed by atoms with E-state index in [9.17, 15) is 0 Å². The van der Waals surface area contributed by atoms with Crippen LogP contribution in [0.4, 0.5) is 0 Å². The first-order valence-electron chi connectivity index (χ1n) is 5.92. The third-order valence-corrected chi connectivity index (χ3v) is 3.85. The Morgan fingerprint density at radius 3 is 2.94 bits per heavy atom. The van der Waals surface area contributed by atoms with Gasteiger partial charge in [0.25, 0.3) is 0 Å². The minimum atomic E-state index is 0.411. The molecule has 0 saturated heterocycles. The Hall–Kier alpha value is -1.54. The van der Waals surface area contributed by atoms with Crippen LogP contribution in [-0.4, -0.2) is 6.54 Å². The molecule has 1 aromatic carbocycles. The van der Waals surface area contributed by atoms with Crippen LogP contribution in [0.1, 0.15) is 29.6 Å². The molecular weight excluding hydrogens is 196 g/mol. The summed E-state index contributed by atoms with van der Waals surface area (Å²) in [5.74, 6) is 0. The van der Waals surface area contributed by atoms with Crippen LogP contribution in [0.15, 0.2) is 47.7 Å². The van der Waals surface area contributed by atoms with Gasteiger partial charge in [-0.05, 0) is 16.7 Å². The van der Waals surface area contributed by atoms with Gasteiger partial charge in [-0.3, -0.25) is 5.32 Å². The molecule has 0 amide bonds. The molecule has 3 aliphatic heterocycles. The van der Waals surface area contributed by atoms with Crippen LogP contribution in [0.5, 0.6) is 0 Å². The maximum Gasteiger partial charge on any atom is 0.0601 e. The van der Waals surface area contributed by atoms with E-state index in [0.717, 1.165) is 13.0 Å². The largest absolute Gasteiger partial charge is 0.385 e. The standard InChI is InChI=1S/C14H14N2/c1-2-5-10-9(4-1)13-8-12-11(14(10)16-13)6-3-7-15-12/h1-6,13-16H,7-8H2. The molecule has 0 spiro atoms. The maximum atomic E-state index is 3.71. The quantitative estimate of drug-likeness (QED) is 0.686. The smallest absolute Gasteiger partial charge is 0.0601 e. The lowest BCUT2D eigenvalue weighted by Crippen LogP contribution is -2.32. The highest BCUT2D eigenvalue weighted by Gasteiger charge is 2.37. The number of rotatable bonds is 0. The number of hydrogen-bond acceptors (Lipinski definition) is 2. The maximum absolute atomic E-state index is 3.71. The zero-order chi connectivity index (χ0) is 10.5. The van der Waals surface area contributed by atoms with E-state index in [-0.39, 0.29) is 0 Å². The van der Waals surface area contributed by atoms with Crippen molar-refractivity contribution in [2.45, 2.75) is 18.5 Å². The topological polar surface area (TPSA) is 24.1 Å². The molecule has 80 valence electrons. The third-order valence-electron chi connectivity index (χ3n) is 3.85. The average Bonchev–Trinajstić information content (AvgIpc) is 2.65. The Bertz CT molecular complexity index is 513. The Kier molecular flexibility index (Phi) is 1.60. The van der Waals surface area contributed by atoms with Crippen LogP contribution in [0.25, 0.3) is 0 Å². The molecule has 0 aliphatic carbocycles. The Morgan fingerprint density at radius 1 is 1.12 bits per heavy atom.